The fourth-order valence-electron chi connectivity index (χ4n) is 2.05. The third kappa shape index (κ3) is 3.27. The van der Waals surface area contributed by atoms with E-state index in [1.165, 1.54) is 6.07 Å². The first-order chi connectivity index (χ1) is 8.27. The van der Waals surface area contributed by atoms with Crippen molar-refractivity contribution >= 4 is 5.91 Å². The van der Waals surface area contributed by atoms with E-state index in [-0.39, 0.29) is 17.8 Å². The van der Waals surface area contributed by atoms with Crippen LogP contribution < -0.4 is 10.6 Å². The standard InChI is InChI=1S/C13H17FN2O/c14-11-5-2-1-4-10(11)7-9-16-13(17)12-6-3-8-15-12/h1-2,4-5,12,15H,3,6-9H2,(H,16,17). The van der Waals surface area contributed by atoms with Gasteiger partial charge in [0.15, 0.2) is 0 Å². The second-order valence-corrected chi connectivity index (χ2v) is 4.28. The van der Waals surface area contributed by atoms with E-state index in [1.54, 1.807) is 18.2 Å². The quantitative estimate of drug-likeness (QED) is 0.825. The van der Waals surface area contributed by atoms with Gasteiger partial charge in [0.1, 0.15) is 5.82 Å². The third-order valence-electron chi connectivity index (χ3n) is 3.03. The molecule has 92 valence electrons. The van der Waals surface area contributed by atoms with Crippen molar-refractivity contribution in [2.75, 3.05) is 13.1 Å². The molecule has 0 aliphatic carbocycles. The molecule has 1 aromatic carbocycles. The lowest BCUT2D eigenvalue weighted by Gasteiger charge is -2.11. The normalized spacial score (nSPS) is 19.2. The summed E-state index contributed by atoms with van der Waals surface area (Å²) in [5, 5.41) is 5.96. The van der Waals surface area contributed by atoms with Crippen molar-refractivity contribution in [1.29, 1.82) is 0 Å². The fraction of sp³-hybridized carbons (Fsp3) is 0.462. The molecule has 1 aliphatic rings. The lowest BCUT2D eigenvalue weighted by atomic mass is 10.1. The van der Waals surface area contributed by atoms with Gasteiger partial charge in [-0.1, -0.05) is 18.2 Å². The Bertz CT molecular complexity index is 389. The summed E-state index contributed by atoms with van der Waals surface area (Å²) in [4.78, 5) is 11.7. The number of carbonyl (C=O) groups excluding carboxylic acids is 1. The second kappa shape index (κ2) is 5.77. The Kier molecular flexibility index (Phi) is 4.09. The summed E-state index contributed by atoms with van der Waals surface area (Å²) in [7, 11) is 0. The highest BCUT2D eigenvalue weighted by Crippen LogP contribution is 2.07. The number of rotatable bonds is 4. The van der Waals surface area contributed by atoms with Crippen LogP contribution in [0.2, 0.25) is 0 Å². The molecule has 1 aliphatic heterocycles. The predicted molar refractivity (Wildman–Crippen MR) is 64.1 cm³/mol. The maximum absolute atomic E-state index is 13.3. The van der Waals surface area contributed by atoms with E-state index in [4.69, 9.17) is 0 Å². The summed E-state index contributed by atoms with van der Waals surface area (Å²) in [5.41, 5.74) is 0.646. The molecule has 4 heteroatoms. The topological polar surface area (TPSA) is 41.1 Å². The van der Waals surface area contributed by atoms with E-state index in [2.05, 4.69) is 10.6 Å². The van der Waals surface area contributed by atoms with Crippen molar-refractivity contribution in [2.24, 2.45) is 0 Å². The maximum atomic E-state index is 13.3. The van der Waals surface area contributed by atoms with E-state index >= 15 is 0 Å². The average Bonchev–Trinajstić information content (AvgIpc) is 2.85. The van der Waals surface area contributed by atoms with E-state index in [1.807, 2.05) is 0 Å². The molecule has 0 aromatic heterocycles. The largest absolute Gasteiger partial charge is 0.354 e. The van der Waals surface area contributed by atoms with Crippen LogP contribution in [0.4, 0.5) is 4.39 Å². The Labute approximate surface area is 100 Å². The van der Waals surface area contributed by atoms with Gasteiger partial charge in [-0.15, -0.1) is 0 Å². The Morgan fingerprint density at radius 3 is 3.00 bits per heavy atom. The first-order valence-electron chi connectivity index (χ1n) is 6.02. The molecule has 0 spiro atoms. The summed E-state index contributed by atoms with van der Waals surface area (Å²) in [6.07, 6.45) is 2.47. The molecule has 0 radical (unpaired) electrons. The number of benzene rings is 1. The third-order valence-corrected chi connectivity index (χ3v) is 3.03. The molecule has 1 heterocycles. The minimum Gasteiger partial charge on any atom is -0.354 e. The van der Waals surface area contributed by atoms with Crippen LogP contribution in [0.3, 0.4) is 0 Å². The Balaban J connectivity index is 1.76. The summed E-state index contributed by atoms with van der Waals surface area (Å²) in [5.74, 6) is -0.181. The van der Waals surface area contributed by atoms with Crippen molar-refractivity contribution in [3.63, 3.8) is 0 Å². The van der Waals surface area contributed by atoms with Crippen LogP contribution >= 0.6 is 0 Å². The van der Waals surface area contributed by atoms with Crippen LogP contribution in [0.1, 0.15) is 18.4 Å². The van der Waals surface area contributed by atoms with Gasteiger partial charge in [0, 0.05) is 6.54 Å². The molecular formula is C13H17FN2O. The zero-order valence-electron chi connectivity index (χ0n) is 9.71. The molecule has 2 N–H and O–H groups in total. The highest BCUT2D eigenvalue weighted by atomic mass is 19.1. The van der Waals surface area contributed by atoms with Gasteiger partial charge in [-0.2, -0.15) is 0 Å². The van der Waals surface area contributed by atoms with Gasteiger partial charge in [-0.25, -0.2) is 4.39 Å². The van der Waals surface area contributed by atoms with Crippen molar-refractivity contribution in [3.05, 3.63) is 35.6 Å². The molecular weight excluding hydrogens is 219 g/mol. The molecule has 1 aromatic rings. The number of hydrogen-bond acceptors (Lipinski definition) is 2. The Hall–Kier alpha value is -1.42. The van der Waals surface area contributed by atoms with Gasteiger partial charge in [-0.3, -0.25) is 4.79 Å². The van der Waals surface area contributed by atoms with Gasteiger partial charge < -0.3 is 10.6 Å². The summed E-state index contributed by atoms with van der Waals surface area (Å²) < 4.78 is 13.3. The lowest BCUT2D eigenvalue weighted by Crippen LogP contribution is -2.41. The molecule has 0 bridgehead atoms. The zero-order valence-corrected chi connectivity index (χ0v) is 9.71. The number of halogens is 1. The molecule has 0 saturated carbocycles. The molecule has 17 heavy (non-hydrogen) atoms. The van der Waals surface area contributed by atoms with Gasteiger partial charge >= 0.3 is 0 Å². The molecule has 2 rings (SSSR count). The van der Waals surface area contributed by atoms with Gasteiger partial charge in [0.05, 0.1) is 6.04 Å². The summed E-state index contributed by atoms with van der Waals surface area (Å²) >= 11 is 0. The number of amides is 1. The van der Waals surface area contributed by atoms with Crippen LogP contribution in [0, 0.1) is 5.82 Å². The first kappa shape index (κ1) is 12.0. The van der Waals surface area contributed by atoms with Gasteiger partial charge in [0.25, 0.3) is 0 Å². The van der Waals surface area contributed by atoms with Gasteiger partial charge in [-0.05, 0) is 37.4 Å². The molecule has 1 amide bonds. The van der Waals surface area contributed by atoms with Crippen molar-refractivity contribution in [1.82, 2.24) is 10.6 Å². The van der Waals surface area contributed by atoms with Crippen LogP contribution in [0.25, 0.3) is 0 Å². The molecule has 1 saturated heterocycles. The number of hydrogen-bond donors (Lipinski definition) is 2. The Morgan fingerprint density at radius 2 is 2.29 bits per heavy atom. The molecule has 1 atom stereocenters. The van der Waals surface area contributed by atoms with Crippen LogP contribution in [0.5, 0.6) is 0 Å². The van der Waals surface area contributed by atoms with Crippen molar-refractivity contribution in [3.8, 4) is 0 Å². The highest BCUT2D eigenvalue weighted by molar-refractivity contribution is 5.81. The van der Waals surface area contributed by atoms with Gasteiger partial charge in [0.2, 0.25) is 5.91 Å². The van der Waals surface area contributed by atoms with Crippen LogP contribution in [-0.4, -0.2) is 25.0 Å². The molecule has 1 fully saturated rings. The second-order valence-electron chi connectivity index (χ2n) is 4.28. The van der Waals surface area contributed by atoms with Crippen molar-refractivity contribution in [2.45, 2.75) is 25.3 Å². The summed E-state index contributed by atoms with van der Waals surface area (Å²) in [6.45, 7) is 1.39. The molecule has 3 nitrogen and oxygen atoms in total. The van der Waals surface area contributed by atoms with E-state index in [0.29, 0.717) is 18.5 Å². The van der Waals surface area contributed by atoms with E-state index in [0.717, 1.165) is 19.4 Å². The molecule has 1 unspecified atom stereocenters. The smallest absolute Gasteiger partial charge is 0.237 e. The minimum atomic E-state index is -0.208. The monoisotopic (exact) mass is 236 g/mol. The van der Waals surface area contributed by atoms with E-state index in [9.17, 15) is 9.18 Å². The average molecular weight is 236 g/mol. The number of carbonyl (C=O) groups is 1. The first-order valence-corrected chi connectivity index (χ1v) is 6.02. The summed E-state index contributed by atoms with van der Waals surface area (Å²) in [6, 6.07) is 6.60. The van der Waals surface area contributed by atoms with Crippen molar-refractivity contribution < 1.29 is 9.18 Å². The number of nitrogens with one attached hydrogen (secondary N) is 2. The Morgan fingerprint density at radius 1 is 1.47 bits per heavy atom. The maximum Gasteiger partial charge on any atom is 0.237 e. The minimum absolute atomic E-state index is 0.0267. The van der Waals surface area contributed by atoms with Crippen LogP contribution in [-0.2, 0) is 11.2 Å². The zero-order chi connectivity index (χ0) is 12.1. The predicted octanol–water partition coefficient (Wildman–Crippen LogP) is 1.24. The fourth-order valence-corrected chi connectivity index (χ4v) is 2.05. The SMILES string of the molecule is O=C(NCCc1ccccc1F)C1CCCN1. The lowest BCUT2D eigenvalue weighted by molar-refractivity contribution is -0.122. The van der Waals surface area contributed by atoms with Crippen LogP contribution in [0.15, 0.2) is 24.3 Å². The highest BCUT2D eigenvalue weighted by Gasteiger charge is 2.21. The van der Waals surface area contributed by atoms with E-state index < -0.39 is 0 Å².